The van der Waals surface area contributed by atoms with Crippen molar-refractivity contribution in [3.05, 3.63) is 22.6 Å². The van der Waals surface area contributed by atoms with Crippen LogP contribution in [0.5, 0.6) is 0 Å². The summed E-state index contributed by atoms with van der Waals surface area (Å²) in [6, 6.07) is 0.958. The minimum atomic E-state index is -0.399. The third-order valence-corrected chi connectivity index (χ3v) is 4.56. The number of anilines is 1. The molecule has 1 amide bonds. The molecule has 0 aliphatic carbocycles. The Morgan fingerprint density at radius 2 is 2.13 bits per heavy atom. The van der Waals surface area contributed by atoms with E-state index >= 15 is 0 Å². The molecular weight excluding hydrogens is 318 g/mol. The van der Waals surface area contributed by atoms with Crippen LogP contribution in [0.4, 0.5) is 5.13 Å². The average Bonchev–Trinajstić information content (AvgIpc) is 2.97. The molecule has 9 heteroatoms. The molecule has 1 fully saturated rings. The lowest BCUT2D eigenvalue weighted by atomic mass is 10.0. The molecule has 1 unspecified atom stereocenters. The van der Waals surface area contributed by atoms with Crippen molar-refractivity contribution in [1.82, 2.24) is 19.5 Å². The normalized spacial score (nSPS) is 16.7. The van der Waals surface area contributed by atoms with Crippen molar-refractivity contribution in [1.29, 1.82) is 0 Å². The molecule has 3 heterocycles. The van der Waals surface area contributed by atoms with Crippen molar-refractivity contribution in [2.45, 2.75) is 19.9 Å². The van der Waals surface area contributed by atoms with Gasteiger partial charge >= 0.3 is 0 Å². The molecule has 0 saturated carbocycles. The monoisotopic (exact) mass is 337 g/mol. The molecule has 1 saturated heterocycles. The van der Waals surface area contributed by atoms with Gasteiger partial charge in [0.05, 0.1) is 13.2 Å². The quantitative estimate of drug-likeness (QED) is 0.871. The van der Waals surface area contributed by atoms with E-state index in [0.29, 0.717) is 36.4 Å². The van der Waals surface area contributed by atoms with Crippen molar-refractivity contribution in [2.24, 2.45) is 5.92 Å². The van der Waals surface area contributed by atoms with Gasteiger partial charge in [-0.15, -0.1) is 5.10 Å². The Morgan fingerprint density at radius 1 is 1.39 bits per heavy atom. The molecule has 2 aromatic heterocycles. The van der Waals surface area contributed by atoms with Gasteiger partial charge in [0.15, 0.2) is 0 Å². The van der Waals surface area contributed by atoms with E-state index in [0.717, 1.165) is 0 Å². The first-order valence-electron chi connectivity index (χ1n) is 7.54. The Labute approximate surface area is 137 Å². The predicted molar refractivity (Wildman–Crippen MR) is 86.8 cm³/mol. The summed E-state index contributed by atoms with van der Waals surface area (Å²) in [5.74, 6) is 0.116. The number of ether oxygens (including phenoxy) is 1. The molecule has 1 atom stereocenters. The first kappa shape index (κ1) is 15.9. The van der Waals surface area contributed by atoms with Crippen LogP contribution >= 0.6 is 11.3 Å². The molecule has 0 spiro atoms. The maximum atomic E-state index is 12.7. The van der Waals surface area contributed by atoms with Crippen LogP contribution in [-0.2, 0) is 9.53 Å². The second kappa shape index (κ2) is 6.63. The van der Waals surface area contributed by atoms with Crippen LogP contribution in [0.1, 0.15) is 13.8 Å². The minimum Gasteiger partial charge on any atom is -0.378 e. The van der Waals surface area contributed by atoms with Crippen LogP contribution in [0.3, 0.4) is 0 Å². The molecule has 2 aromatic rings. The Hall–Kier alpha value is -2.00. The molecule has 1 aliphatic heterocycles. The Balaban J connectivity index is 1.82. The summed E-state index contributed by atoms with van der Waals surface area (Å²) in [5, 5.41) is 7.90. The van der Waals surface area contributed by atoms with Gasteiger partial charge in [-0.05, 0) is 5.92 Å². The molecule has 3 rings (SSSR count). The minimum absolute atomic E-state index is 0.0304. The van der Waals surface area contributed by atoms with E-state index in [4.69, 9.17) is 4.74 Å². The second-order valence-electron chi connectivity index (χ2n) is 5.69. The van der Waals surface area contributed by atoms with E-state index < -0.39 is 6.04 Å². The molecule has 0 aromatic carbocycles. The zero-order valence-electron chi connectivity index (χ0n) is 13.1. The standard InChI is InChI=1S/C14H19N5O3S/c1-9(2)11(12(21)18-5-7-22-8-6-18)16-13-17-19-10(20)3-4-15-14(19)23-13/h3-4,9,11H,5-8H2,1-2H3,(H,16,17). The number of rotatable bonds is 4. The largest absolute Gasteiger partial charge is 0.378 e. The highest BCUT2D eigenvalue weighted by Crippen LogP contribution is 2.20. The summed E-state index contributed by atoms with van der Waals surface area (Å²) >= 11 is 1.26. The van der Waals surface area contributed by atoms with Gasteiger partial charge in [0.1, 0.15) is 6.04 Å². The zero-order chi connectivity index (χ0) is 16.4. The maximum Gasteiger partial charge on any atom is 0.275 e. The van der Waals surface area contributed by atoms with Gasteiger partial charge in [0.2, 0.25) is 16.0 Å². The number of hydrogen-bond acceptors (Lipinski definition) is 7. The molecule has 1 aliphatic rings. The maximum absolute atomic E-state index is 12.7. The lowest BCUT2D eigenvalue weighted by Gasteiger charge is -2.32. The number of aromatic nitrogens is 3. The van der Waals surface area contributed by atoms with Crippen LogP contribution in [0, 0.1) is 5.92 Å². The van der Waals surface area contributed by atoms with Crippen LogP contribution in [0.2, 0.25) is 0 Å². The Bertz CT molecular complexity index is 750. The molecule has 0 bridgehead atoms. The van der Waals surface area contributed by atoms with Crippen molar-refractivity contribution < 1.29 is 9.53 Å². The van der Waals surface area contributed by atoms with Crippen molar-refractivity contribution >= 4 is 27.3 Å². The summed E-state index contributed by atoms with van der Waals surface area (Å²) in [7, 11) is 0. The summed E-state index contributed by atoms with van der Waals surface area (Å²) in [4.78, 5) is 30.9. The van der Waals surface area contributed by atoms with Crippen molar-refractivity contribution in [3.8, 4) is 0 Å². The van der Waals surface area contributed by atoms with E-state index in [1.165, 1.54) is 28.1 Å². The fourth-order valence-electron chi connectivity index (χ4n) is 2.43. The number of fused-ring (bicyclic) bond motifs is 1. The van der Waals surface area contributed by atoms with Crippen molar-refractivity contribution in [3.63, 3.8) is 0 Å². The summed E-state index contributed by atoms with van der Waals surface area (Å²) in [5.41, 5.74) is -0.236. The SMILES string of the molecule is CC(C)C(Nc1nn2c(=O)ccnc2s1)C(=O)N1CCOCC1. The van der Waals surface area contributed by atoms with Crippen LogP contribution in [0.25, 0.3) is 4.96 Å². The lowest BCUT2D eigenvalue weighted by molar-refractivity contribution is -0.137. The topological polar surface area (TPSA) is 88.8 Å². The third kappa shape index (κ3) is 3.35. The number of amides is 1. The van der Waals surface area contributed by atoms with Crippen molar-refractivity contribution in [2.75, 3.05) is 31.6 Å². The number of nitrogens with zero attached hydrogens (tertiary/aromatic N) is 4. The zero-order valence-corrected chi connectivity index (χ0v) is 13.9. The predicted octanol–water partition coefficient (Wildman–Crippen LogP) is 0.446. The molecule has 23 heavy (non-hydrogen) atoms. The van der Waals surface area contributed by atoms with E-state index in [2.05, 4.69) is 15.4 Å². The van der Waals surface area contributed by atoms with Gasteiger partial charge in [-0.3, -0.25) is 9.59 Å². The van der Waals surface area contributed by atoms with E-state index in [1.807, 2.05) is 13.8 Å². The first-order chi connectivity index (χ1) is 11.1. The van der Waals surface area contributed by atoms with Crippen LogP contribution in [-0.4, -0.2) is 57.8 Å². The number of nitrogens with one attached hydrogen (secondary N) is 1. The third-order valence-electron chi connectivity index (χ3n) is 3.71. The first-order valence-corrected chi connectivity index (χ1v) is 8.36. The molecule has 1 N–H and O–H groups in total. The molecule has 0 radical (unpaired) electrons. The fraction of sp³-hybridized carbons (Fsp3) is 0.571. The van der Waals surface area contributed by atoms with Gasteiger partial charge in [0.25, 0.3) is 5.56 Å². The van der Waals surface area contributed by atoms with E-state index in [9.17, 15) is 9.59 Å². The Morgan fingerprint density at radius 3 is 2.78 bits per heavy atom. The average molecular weight is 337 g/mol. The molecular formula is C14H19N5O3S. The number of carbonyl (C=O) groups excluding carboxylic acids is 1. The highest BCUT2D eigenvalue weighted by atomic mass is 32.1. The summed E-state index contributed by atoms with van der Waals surface area (Å²) in [6.45, 7) is 6.30. The number of hydrogen-bond donors (Lipinski definition) is 1. The van der Waals surface area contributed by atoms with Crippen LogP contribution in [0.15, 0.2) is 17.1 Å². The molecule has 8 nitrogen and oxygen atoms in total. The van der Waals surface area contributed by atoms with Gasteiger partial charge < -0.3 is 15.0 Å². The van der Waals surface area contributed by atoms with Gasteiger partial charge in [-0.25, -0.2) is 4.98 Å². The summed E-state index contributed by atoms with van der Waals surface area (Å²) < 4.78 is 6.53. The highest BCUT2D eigenvalue weighted by molar-refractivity contribution is 7.20. The lowest BCUT2D eigenvalue weighted by Crippen LogP contribution is -2.49. The smallest absolute Gasteiger partial charge is 0.275 e. The van der Waals surface area contributed by atoms with E-state index in [-0.39, 0.29) is 17.4 Å². The Kier molecular flexibility index (Phi) is 4.58. The summed E-state index contributed by atoms with van der Waals surface area (Å²) in [6.07, 6.45) is 1.46. The molecule has 124 valence electrons. The van der Waals surface area contributed by atoms with Crippen LogP contribution < -0.4 is 10.9 Å². The highest BCUT2D eigenvalue weighted by Gasteiger charge is 2.29. The number of carbonyl (C=O) groups is 1. The van der Waals surface area contributed by atoms with Gasteiger partial charge in [0, 0.05) is 25.4 Å². The van der Waals surface area contributed by atoms with Gasteiger partial charge in [-0.2, -0.15) is 4.52 Å². The fourth-order valence-corrected chi connectivity index (χ4v) is 3.24. The number of morpholine rings is 1. The van der Waals surface area contributed by atoms with E-state index in [1.54, 1.807) is 4.90 Å². The van der Waals surface area contributed by atoms with Gasteiger partial charge in [-0.1, -0.05) is 25.2 Å². The second-order valence-corrected chi connectivity index (χ2v) is 6.64.